The first-order valence-electron chi connectivity index (χ1n) is 20.7. The Kier molecular flexibility index (Phi) is 11.2. The molecule has 0 fully saturated rings. The van der Waals surface area contributed by atoms with Crippen LogP contribution in [0.4, 0.5) is 0 Å². The van der Waals surface area contributed by atoms with Gasteiger partial charge in [-0.05, 0) is 83.5 Å². The van der Waals surface area contributed by atoms with Gasteiger partial charge in [0.05, 0.1) is 65.0 Å². The van der Waals surface area contributed by atoms with E-state index >= 15 is 0 Å². The Balaban J connectivity index is 0.954. The number of aromatic nitrogens is 8. The number of amides is 2. The Bertz CT molecular complexity index is 3200. The lowest BCUT2D eigenvalue weighted by atomic mass is 9.99. The molecule has 7 heterocycles. The van der Waals surface area contributed by atoms with Gasteiger partial charge in [0.2, 0.25) is 11.8 Å². The average molecular weight is 898 g/mol. The summed E-state index contributed by atoms with van der Waals surface area (Å²) in [5, 5.41) is 21.0. The van der Waals surface area contributed by atoms with Crippen LogP contribution in [0.15, 0.2) is 81.3 Å². The number of halogens is 1. The number of hydrogen-bond acceptors (Lipinski definition) is 12. The van der Waals surface area contributed by atoms with E-state index < -0.39 is 23.7 Å². The van der Waals surface area contributed by atoms with E-state index in [9.17, 15) is 14.4 Å². The Morgan fingerprint density at radius 2 is 1.73 bits per heavy atom. The summed E-state index contributed by atoms with van der Waals surface area (Å²) in [5.41, 5.74) is 7.83. The molecule has 2 atom stereocenters. The van der Waals surface area contributed by atoms with Crippen LogP contribution in [0.2, 0.25) is 5.02 Å². The highest BCUT2D eigenvalue weighted by molar-refractivity contribution is 7.15. The summed E-state index contributed by atoms with van der Waals surface area (Å²) in [7, 11) is 1.58. The molecule has 8 aromatic rings. The molecule has 16 nitrogen and oxygen atoms in total. The number of carbonyl (C=O) groups is 2. The third-order valence-corrected chi connectivity index (χ3v) is 13.2. The third-order valence-electron chi connectivity index (χ3n) is 11.7. The molecule has 326 valence electrons. The number of nitrogens with zero attached hydrogens (tertiary/aromatic N) is 9. The normalized spacial score (nSPS) is 13.9. The topological polar surface area (TPSA) is 189 Å². The van der Waals surface area contributed by atoms with Crippen molar-refractivity contribution in [1.82, 2.24) is 49.7 Å². The van der Waals surface area contributed by atoms with Crippen molar-refractivity contribution in [2.75, 3.05) is 20.2 Å². The maximum Gasteiger partial charge on any atom is 0.330 e. The molecule has 64 heavy (non-hydrogen) atoms. The highest BCUT2D eigenvalue weighted by Gasteiger charge is 2.33. The highest BCUT2D eigenvalue weighted by Crippen LogP contribution is 2.41. The van der Waals surface area contributed by atoms with Crippen LogP contribution in [-0.2, 0) is 16.1 Å². The molecule has 0 aliphatic carbocycles. The van der Waals surface area contributed by atoms with E-state index in [0.717, 1.165) is 43.4 Å². The second-order valence-corrected chi connectivity index (χ2v) is 17.4. The van der Waals surface area contributed by atoms with Crippen molar-refractivity contribution in [3.63, 3.8) is 0 Å². The molecule has 0 radical (unpaired) electrons. The minimum Gasteiger partial charge on any atom is -0.496 e. The maximum atomic E-state index is 14.5. The van der Waals surface area contributed by atoms with E-state index in [0.29, 0.717) is 61.5 Å². The van der Waals surface area contributed by atoms with E-state index in [2.05, 4.69) is 44.8 Å². The average Bonchev–Trinajstić information content (AvgIpc) is 3.98. The summed E-state index contributed by atoms with van der Waals surface area (Å²) < 4.78 is 16.4. The number of nitrogens with one attached hydrogen (secondary N) is 2. The quantitative estimate of drug-likeness (QED) is 0.120. The number of methoxy groups -OCH3 is 1. The number of imidazole rings is 1. The number of carbonyl (C=O) groups excluding carboxylic acids is 2. The number of fused-ring (bicyclic) bond motifs is 6. The summed E-state index contributed by atoms with van der Waals surface area (Å²) in [6.45, 7) is 11.6. The first-order valence-corrected chi connectivity index (χ1v) is 21.9. The number of hydrogen-bond donors (Lipinski definition) is 2. The molecule has 2 aromatic carbocycles. The van der Waals surface area contributed by atoms with Gasteiger partial charge in [-0.15, -0.1) is 21.5 Å². The molecule has 1 aliphatic rings. The molecule has 1 aliphatic heterocycles. The first kappa shape index (κ1) is 42.3. The van der Waals surface area contributed by atoms with Crippen molar-refractivity contribution in [1.29, 1.82) is 0 Å². The van der Waals surface area contributed by atoms with Crippen LogP contribution in [0.3, 0.4) is 0 Å². The lowest BCUT2D eigenvalue weighted by molar-refractivity contribution is -0.123. The number of rotatable bonds is 12. The van der Waals surface area contributed by atoms with Crippen LogP contribution < -0.4 is 21.1 Å². The zero-order valence-electron chi connectivity index (χ0n) is 36.2. The number of ether oxygens (including phenoxy) is 1. The number of pyridine rings is 2. The molecule has 0 saturated carbocycles. The molecule has 2 amide bonds. The molecule has 0 spiro atoms. The molecule has 9 rings (SSSR count). The fraction of sp³-hybridized carbons (Fsp3) is 0.283. The SMILES string of the molecule is COc1cc2c(cc1-c1c(C)noc1C)ncc1c2n(C(C)c2ccccn2)c(=O)n1CC(=O)NCCNC(=O)C[C@@H]1N=C(c2ccc(Cl)cc2)c2c(sc(C)c2C)-n2c(C)nnc21. The Morgan fingerprint density at radius 1 is 0.969 bits per heavy atom. The van der Waals surface area contributed by atoms with Crippen LogP contribution >= 0.6 is 22.9 Å². The first-order chi connectivity index (χ1) is 30.8. The van der Waals surface area contributed by atoms with Gasteiger partial charge in [0, 0.05) is 51.3 Å². The lowest BCUT2D eigenvalue weighted by Crippen LogP contribution is -2.38. The molecular weight excluding hydrogens is 854 g/mol. The molecule has 1 unspecified atom stereocenters. The van der Waals surface area contributed by atoms with E-state index in [1.54, 1.807) is 35.4 Å². The van der Waals surface area contributed by atoms with Gasteiger partial charge in [-0.1, -0.05) is 35.0 Å². The fourth-order valence-corrected chi connectivity index (χ4v) is 9.80. The van der Waals surface area contributed by atoms with Gasteiger partial charge >= 0.3 is 5.69 Å². The van der Waals surface area contributed by atoms with Gasteiger partial charge in [0.15, 0.2) is 5.82 Å². The van der Waals surface area contributed by atoms with Gasteiger partial charge in [0.25, 0.3) is 0 Å². The van der Waals surface area contributed by atoms with Gasteiger partial charge in [-0.3, -0.25) is 38.3 Å². The maximum absolute atomic E-state index is 14.5. The molecule has 0 saturated heterocycles. The van der Waals surface area contributed by atoms with Crippen molar-refractivity contribution in [3.8, 4) is 21.9 Å². The number of aliphatic imine (C=N–C) groups is 1. The van der Waals surface area contributed by atoms with Gasteiger partial charge < -0.3 is 19.9 Å². The van der Waals surface area contributed by atoms with Crippen molar-refractivity contribution in [2.24, 2.45) is 4.99 Å². The number of benzene rings is 2. The zero-order valence-corrected chi connectivity index (χ0v) is 37.8. The van der Waals surface area contributed by atoms with E-state index in [-0.39, 0.29) is 32.0 Å². The molecule has 6 aromatic heterocycles. The van der Waals surface area contributed by atoms with Gasteiger partial charge in [-0.25, -0.2) is 4.79 Å². The minimum absolute atomic E-state index is 0.00902. The third kappa shape index (κ3) is 7.43. The van der Waals surface area contributed by atoms with E-state index in [1.807, 2.05) is 86.9 Å². The van der Waals surface area contributed by atoms with Crippen molar-refractivity contribution in [3.05, 3.63) is 133 Å². The van der Waals surface area contributed by atoms with Crippen LogP contribution in [0.1, 0.15) is 75.8 Å². The smallest absolute Gasteiger partial charge is 0.330 e. The Labute approximate surface area is 376 Å². The van der Waals surface area contributed by atoms with Gasteiger partial charge in [-0.2, -0.15) is 0 Å². The van der Waals surface area contributed by atoms with Crippen LogP contribution in [0, 0.1) is 34.6 Å². The second kappa shape index (κ2) is 17.0. The Morgan fingerprint density at radius 3 is 2.44 bits per heavy atom. The Hall–Kier alpha value is -6.98. The van der Waals surface area contributed by atoms with Gasteiger partial charge in [0.1, 0.15) is 34.9 Å². The molecule has 0 bridgehead atoms. The van der Waals surface area contributed by atoms with Crippen molar-refractivity contribution in [2.45, 2.75) is 66.6 Å². The summed E-state index contributed by atoms with van der Waals surface area (Å²) in [6, 6.07) is 15.6. The monoisotopic (exact) mass is 897 g/mol. The van der Waals surface area contributed by atoms with E-state index in [1.165, 1.54) is 4.57 Å². The summed E-state index contributed by atoms with van der Waals surface area (Å²) in [5.74, 6) is 1.73. The second-order valence-electron chi connectivity index (χ2n) is 15.7. The lowest BCUT2D eigenvalue weighted by Gasteiger charge is -2.15. The van der Waals surface area contributed by atoms with Crippen LogP contribution in [0.25, 0.3) is 38.1 Å². The summed E-state index contributed by atoms with van der Waals surface area (Å²) in [6.07, 6.45) is 3.28. The van der Waals surface area contributed by atoms with Crippen LogP contribution in [-0.4, -0.2) is 76.7 Å². The molecule has 2 N–H and O–H groups in total. The fourth-order valence-electron chi connectivity index (χ4n) is 8.46. The number of aryl methyl sites for hydroxylation is 4. The predicted octanol–water partition coefficient (Wildman–Crippen LogP) is 7.07. The zero-order chi connectivity index (χ0) is 45.0. The molecular formula is C46H44ClN11O5S. The largest absolute Gasteiger partial charge is 0.496 e. The van der Waals surface area contributed by atoms with E-state index in [4.69, 9.17) is 30.8 Å². The van der Waals surface area contributed by atoms with Crippen molar-refractivity contribution >= 4 is 62.4 Å². The molecule has 18 heteroatoms. The van der Waals surface area contributed by atoms with Crippen LogP contribution in [0.5, 0.6) is 5.75 Å². The summed E-state index contributed by atoms with van der Waals surface area (Å²) >= 11 is 7.90. The minimum atomic E-state index is -0.648. The van der Waals surface area contributed by atoms with Crippen molar-refractivity contribution < 1.29 is 18.8 Å². The summed E-state index contributed by atoms with van der Waals surface area (Å²) in [4.78, 5) is 57.3. The number of thiophene rings is 1. The standard InChI is InChI=1S/C46H44ClN11O5S/c1-23-27(5)64-45-40(23)42(29-11-13-30(47)14-12-29)52-35(44-54-53-28(6)58(44)45)20-38(59)49-16-17-50-39(60)22-56-36-21-51-34-18-32(41-24(2)55-63-26(41)4)37(62-7)19-31(34)43(36)57(46(56)61)25(3)33-10-8-9-15-48-33/h8-15,18-19,21,25,35H,16-17,20,22H2,1-7H3,(H,49,59)(H,50,60)/t25?,35-/m0/s1. The highest BCUT2D eigenvalue weighted by atomic mass is 35.5. The predicted molar refractivity (Wildman–Crippen MR) is 245 cm³/mol.